The molecule has 96 valence electrons. The highest BCUT2D eigenvalue weighted by atomic mass is 16.5. The average Bonchev–Trinajstić information content (AvgIpc) is 2.22. The fourth-order valence-electron chi connectivity index (χ4n) is 0.513. The van der Waals surface area contributed by atoms with E-state index in [4.69, 9.17) is 10.8 Å². The first-order valence-corrected chi connectivity index (χ1v) is 4.62. The van der Waals surface area contributed by atoms with Crippen molar-refractivity contribution in [1.82, 2.24) is 5.32 Å². The molecule has 7 heteroatoms. The van der Waals surface area contributed by atoms with E-state index in [0.29, 0.717) is 6.08 Å². The van der Waals surface area contributed by atoms with Gasteiger partial charge >= 0.3 is 18.0 Å². The number of urea groups is 1. The van der Waals surface area contributed by atoms with Crippen LogP contribution in [0.2, 0.25) is 0 Å². The van der Waals surface area contributed by atoms with Gasteiger partial charge in [-0.3, -0.25) is 0 Å². The Morgan fingerprint density at radius 2 is 1.94 bits per heavy atom. The van der Waals surface area contributed by atoms with E-state index in [1.54, 1.807) is 6.08 Å². The van der Waals surface area contributed by atoms with E-state index in [9.17, 15) is 14.4 Å². The number of allylic oxidation sites excluding steroid dienone is 1. The standard InChI is InChI=1S/C7H10N2O5.C3H6/c8-7(13)9-3-4-14-6(12)2-1-5(10)11;1-3-2/h1-2H,3-4H2,(H,10,11)(H3,8,9,13);3H,1H2,2H3. The molecule has 0 aromatic carbocycles. The van der Waals surface area contributed by atoms with E-state index in [0.717, 1.165) is 6.08 Å². The Balaban J connectivity index is 0. The van der Waals surface area contributed by atoms with Crippen molar-refractivity contribution < 1.29 is 24.2 Å². The molecule has 17 heavy (non-hydrogen) atoms. The number of amides is 2. The molecular weight excluding hydrogens is 228 g/mol. The Morgan fingerprint density at radius 1 is 1.41 bits per heavy atom. The zero-order valence-electron chi connectivity index (χ0n) is 9.51. The van der Waals surface area contributed by atoms with Crippen molar-refractivity contribution >= 4 is 18.0 Å². The molecule has 0 saturated carbocycles. The van der Waals surface area contributed by atoms with Gasteiger partial charge in [0.05, 0.1) is 6.54 Å². The number of nitrogens with one attached hydrogen (secondary N) is 1. The van der Waals surface area contributed by atoms with Gasteiger partial charge in [0, 0.05) is 12.2 Å². The van der Waals surface area contributed by atoms with Crippen LogP contribution in [0, 0.1) is 0 Å². The first-order chi connectivity index (χ1) is 7.93. The number of nitrogens with two attached hydrogens (primary N) is 1. The molecule has 0 fully saturated rings. The van der Waals surface area contributed by atoms with Gasteiger partial charge in [0.15, 0.2) is 0 Å². The Morgan fingerprint density at radius 3 is 2.35 bits per heavy atom. The van der Waals surface area contributed by atoms with Crippen LogP contribution in [0.3, 0.4) is 0 Å². The topological polar surface area (TPSA) is 119 Å². The lowest BCUT2D eigenvalue weighted by Gasteiger charge is -2.01. The molecule has 0 heterocycles. The van der Waals surface area contributed by atoms with Crippen LogP contribution in [0.1, 0.15) is 6.92 Å². The third kappa shape index (κ3) is 19.9. The van der Waals surface area contributed by atoms with Crippen molar-refractivity contribution in [2.24, 2.45) is 5.73 Å². The molecule has 7 nitrogen and oxygen atoms in total. The average molecular weight is 244 g/mol. The van der Waals surface area contributed by atoms with Gasteiger partial charge in [0.25, 0.3) is 0 Å². The Hall–Kier alpha value is -2.31. The minimum atomic E-state index is -1.24. The number of carbonyl (C=O) groups excluding carboxylic acids is 2. The first-order valence-electron chi connectivity index (χ1n) is 4.62. The minimum Gasteiger partial charge on any atom is -0.478 e. The van der Waals surface area contributed by atoms with Crippen molar-refractivity contribution in [2.75, 3.05) is 13.2 Å². The van der Waals surface area contributed by atoms with Crippen LogP contribution in [0.5, 0.6) is 0 Å². The summed E-state index contributed by atoms with van der Waals surface area (Å²) >= 11 is 0. The largest absolute Gasteiger partial charge is 0.478 e. The summed E-state index contributed by atoms with van der Waals surface area (Å²) in [4.78, 5) is 30.8. The van der Waals surface area contributed by atoms with E-state index < -0.39 is 18.0 Å². The summed E-state index contributed by atoms with van der Waals surface area (Å²) in [5.41, 5.74) is 4.73. The second kappa shape index (κ2) is 11.8. The summed E-state index contributed by atoms with van der Waals surface area (Å²) in [5.74, 6) is -2.03. The van der Waals surface area contributed by atoms with Crippen molar-refractivity contribution in [1.29, 1.82) is 0 Å². The molecule has 0 atom stereocenters. The van der Waals surface area contributed by atoms with E-state index in [1.807, 2.05) is 6.92 Å². The first kappa shape index (κ1) is 17.1. The number of carbonyl (C=O) groups is 3. The van der Waals surface area contributed by atoms with Crippen LogP contribution in [0.4, 0.5) is 4.79 Å². The predicted molar refractivity (Wildman–Crippen MR) is 61.2 cm³/mol. The smallest absolute Gasteiger partial charge is 0.331 e. The minimum absolute atomic E-state index is 0.0638. The van der Waals surface area contributed by atoms with Crippen LogP contribution in [0.25, 0.3) is 0 Å². The highest BCUT2D eigenvalue weighted by Gasteiger charge is 1.98. The molecule has 0 rings (SSSR count). The van der Waals surface area contributed by atoms with E-state index in [1.165, 1.54) is 0 Å². The van der Waals surface area contributed by atoms with Crippen LogP contribution in [-0.4, -0.2) is 36.2 Å². The summed E-state index contributed by atoms with van der Waals surface area (Å²) in [7, 11) is 0. The van der Waals surface area contributed by atoms with Gasteiger partial charge in [0.1, 0.15) is 6.61 Å². The number of primary amides is 1. The Bertz CT molecular complexity index is 299. The van der Waals surface area contributed by atoms with Crippen LogP contribution < -0.4 is 11.1 Å². The fourth-order valence-corrected chi connectivity index (χ4v) is 0.513. The van der Waals surface area contributed by atoms with Gasteiger partial charge < -0.3 is 20.9 Å². The second-order valence-electron chi connectivity index (χ2n) is 2.54. The van der Waals surface area contributed by atoms with Gasteiger partial charge in [-0.25, -0.2) is 14.4 Å². The summed E-state index contributed by atoms with van der Waals surface area (Å²) < 4.78 is 4.48. The van der Waals surface area contributed by atoms with Crippen LogP contribution in [-0.2, 0) is 14.3 Å². The molecule has 0 radical (unpaired) electrons. The number of ether oxygens (including phenoxy) is 1. The summed E-state index contributed by atoms with van der Waals surface area (Å²) in [6, 6.07) is -0.720. The quantitative estimate of drug-likeness (QED) is 0.273. The van der Waals surface area contributed by atoms with Crippen molar-refractivity contribution in [3.63, 3.8) is 0 Å². The maximum atomic E-state index is 10.7. The fraction of sp³-hybridized carbons (Fsp3) is 0.300. The SMILES string of the molecule is C=CC.NC(=O)NCCOC(=O)C=CC(=O)O. The normalized spacial score (nSPS) is 8.76. The summed E-state index contributed by atoms with van der Waals surface area (Å²) in [6.45, 7) is 5.27. The molecule has 2 amide bonds. The molecule has 0 aliphatic rings. The molecule has 0 bridgehead atoms. The number of rotatable bonds is 5. The van der Waals surface area contributed by atoms with Gasteiger partial charge in [0.2, 0.25) is 0 Å². The van der Waals surface area contributed by atoms with Crippen molar-refractivity contribution in [2.45, 2.75) is 6.92 Å². The zero-order chi connectivity index (χ0) is 13.7. The highest BCUT2D eigenvalue weighted by molar-refractivity contribution is 5.90. The summed E-state index contributed by atoms with van der Waals surface area (Å²) in [6.07, 6.45) is 3.18. The molecule has 0 unspecified atom stereocenters. The van der Waals surface area contributed by atoms with Gasteiger partial charge in [-0.1, -0.05) is 6.08 Å². The zero-order valence-corrected chi connectivity index (χ0v) is 9.51. The third-order valence-corrected chi connectivity index (χ3v) is 1.01. The second-order valence-corrected chi connectivity index (χ2v) is 2.54. The lowest BCUT2D eigenvalue weighted by Crippen LogP contribution is -2.32. The number of carboxylic acids is 1. The van der Waals surface area contributed by atoms with Crippen LogP contribution >= 0.6 is 0 Å². The molecule has 4 N–H and O–H groups in total. The molecular formula is C10H16N2O5. The number of carboxylic acid groups (broad SMARTS) is 1. The number of aliphatic carboxylic acids is 1. The predicted octanol–water partition coefficient (Wildman–Crippen LogP) is 0.0310. The molecule has 0 aliphatic heterocycles. The number of esters is 1. The lowest BCUT2D eigenvalue weighted by molar-refractivity contribution is -0.138. The Labute approximate surface area is 98.9 Å². The highest BCUT2D eigenvalue weighted by Crippen LogP contribution is 1.81. The van der Waals surface area contributed by atoms with E-state index >= 15 is 0 Å². The lowest BCUT2D eigenvalue weighted by atomic mass is 10.5. The molecule has 0 spiro atoms. The number of hydrogen-bond acceptors (Lipinski definition) is 4. The third-order valence-electron chi connectivity index (χ3n) is 1.01. The Kier molecular flexibility index (Phi) is 11.8. The van der Waals surface area contributed by atoms with Gasteiger partial charge in [-0.05, 0) is 6.92 Å². The molecule has 0 aromatic rings. The number of hydrogen-bond donors (Lipinski definition) is 3. The molecule has 0 aliphatic carbocycles. The van der Waals surface area contributed by atoms with Crippen molar-refractivity contribution in [3.05, 3.63) is 24.8 Å². The molecule has 0 aromatic heterocycles. The molecule has 0 saturated heterocycles. The van der Waals surface area contributed by atoms with Gasteiger partial charge in [-0.15, -0.1) is 6.58 Å². The van der Waals surface area contributed by atoms with Crippen LogP contribution in [0.15, 0.2) is 24.8 Å². The van der Waals surface area contributed by atoms with Crippen molar-refractivity contribution in [3.8, 4) is 0 Å². The van der Waals surface area contributed by atoms with Gasteiger partial charge in [-0.2, -0.15) is 0 Å². The van der Waals surface area contributed by atoms with E-state index in [-0.39, 0.29) is 13.2 Å². The maximum absolute atomic E-state index is 10.7. The monoisotopic (exact) mass is 244 g/mol. The maximum Gasteiger partial charge on any atom is 0.331 e. The summed E-state index contributed by atoms with van der Waals surface area (Å²) in [5, 5.41) is 10.3. The van der Waals surface area contributed by atoms with E-state index in [2.05, 4.69) is 16.6 Å².